The van der Waals surface area contributed by atoms with Gasteiger partial charge in [0.2, 0.25) is 0 Å². The minimum Gasteiger partial charge on any atom is -0.496 e. The van der Waals surface area contributed by atoms with Gasteiger partial charge in [0.1, 0.15) is 5.75 Å². The largest absolute Gasteiger partial charge is 0.496 e. The zero-order chi connectivity index (χ0) is 11.3. The molecule has 4 nitrogen and oxygen atoms in total. The molecule has 0 unspecified atom stereocenters. The quantitative estimate of drug-likeness (QED) is 0.767. The molecule has 0 aliphatic carbocycles. The lowest BCUT2D eigenvalue weighted by molar-refractivity contribution is 0.0997. The molecule has 0 bridgehead atoms. The predicted molar refractivity (Wildman–Crippen MR) is 57.6 cm³/mol. The summed E-state index contributed by atoms with van der Waals surface area (Å²) < 4.78 is 4.99. The molecular formula is C11H13NO3. The van der Waals surface area contributed by atoms with Crippen LogP contribution in [0.3, 0.4) is 0 Å². The zero-order valence-electron chi connectivity index (χ0n) is 8.43. The third kappa shape index (κ3) is 2.82. The number of aliphatic hydroxyl groups is 1. The van der Waals surface area contributed by atoms with E-state index in [9.17, 15) is 4.79 Å². The molecule has 15 heavy (non-hydrogen) atoms. The second-order valence-corrected chi connectivity index (χ2v) is 2.91. The van der Waals surface area contributed by atoms with Gasteiger partial charge in [-0.15, -0.1) is 0 Å². The summed E-state index contributed by atoms with van der Waals surface area (Å²) in [6.07, 6.45) is 3.28. The van der Waals surface area contributed by atoms with Crippen LogP contribution in [0.25, 0.3) is 6.08 Å². The van der Waals surface area contributed by atoms with Crippen LogP contribution >= 0.6 is 0 Å². The van der Waals surface area contributed by atoms with Crippen molar-refractivity contribution < 1.29 is 14.6 Å². The number of carbonyl (C=O) groups is 1. The Morgan fingerprint density at radius 1 is 1.60 bits per heavy atom. The van der Waals surface area contributed by atoms with Crippen LogP contribution in [0, 0.1) is 0 Å². The van der Waals surface area contributed by atoms with E-state index in [0.29, 0.717) is 11.3 Å². The van der Waals surface area contributed by atoms with Crippen molar-refractivity contribution in [2.24, 2.45) is 5.73 Å². The lowest BCUT2D eigenvalue weighted by Gasteiger charge is -2.05. The van der Waals surface area contributed by atoms with Crippen LogP contribution in [0.15, 0.2) is 24.3 Å². The number of rotatable bonds is 4. The van der Waals surface area contributed by atoms with Crippen LogP contribution in [-0.2, 0) is 0 Å². The van der Waals surface area contributed by atoms with Gasteiger partial charge < -0.3 is 15.6 Å². The molecule has 0 saturated heterocycles. The predicted octanol–water partition coefficient (Wildman–Crippen LogP) is 0.800. The summed E-state index contributed by atoms with van der Waals surface area (Å²) in [5.74, 6) is -0.0882. The standard InChI is InChI=1S/C11H13NO3/c1-15-10-5-4-8(3-2-6-13)7-9(10)11(12)14/h2-5,7,13H,6H2,1H3,(H2,12,14)/b3-2+. The molecule has 3 N–H and O–H groups in total. The monoisotopic (exact) mass is 207 g/mol. The Kier molecular flexibility index (Phi) is 3.88. The van der Waals surface area contributed by atoms with E-state index in [4.69, 9.17) is 15.6 Å². The van der Waals surface area contributed by atoms with Gasteiger partial charge in [-0.1, -0.05) is 18.2 Å². The highest BCUT2D eigenvalue weighted by atomic mass is 16.5. The molecule has 80 valence electrons. The molecule has 1 aromatic rings. The highest BCUT2D eigenvalue weighted by molar-refractivity contribution is 5.96. The first-order valence-corrected chi connectivity index (χ1v) is 4.44. The zero-order valence-corrected chi connectivity index (χ0v) is 8.43. The first kappa shape index (κ1) is 11.3. The average molecular weight is 207 g/mol. The third-order valence-corrected chi connectivity index (χ3v) is 1.90. The van der Waals surface area contributed by atoms with E-state index < -0.39 is 5.91 Å². The maximum Gasteiger partial charge on any atom is 0.252 e. The van der Waals surface area contributed by atoms with E-state index in [2.05, 4.69) is 0 Å². The van der Waals surface area contributed by atoms with Gasteiger partial charge >= 0.3 is 0 Å². The Labute approximate surface area is 88.0 Å². The molecule has 0 fully saturated rings. The second-order valence-electron chi connectivity index (χ2n) is 2.91. The SMILES string of the molecule is COc1ccc(/C=C/CO)cc1C(N)=O. The summed E-state index contributed by atoms with van der Waals surface area (Å²) in [6.45, 7) is -0.0437. The fourth-order valence-electron chi connectivity index (χ4n) is 1.21. The Morgan fingerprint density at radius 2 is 2.33 bits per heavy atom. The Morgan fingerprint density at radius 3 is 2.87 bits per heavy atom. The number of aliphatic hydroxyl groups excluding tert-OH is 1. The van der Waals surface area contributed by atoms with Crippen LogP contribution < -0.4 is 10.5 Å². The molecule has 1 amide bonds. The summed E-state index contributed by atoms with van der Waals surface area (Å²) in [4.78, 5) is 11.1. The van der Waals surface area contributed by atoms with Crippen molar-refractivity contribution in [3.8, 4) is 5.75 Å². The first-order chi connectivity index (χ1) is 7.19. The van der Waals surface area contributed by atoms with Gasteiger partial charge in [-0.3, -0.25) is 4.79 Å². The van der Waals surface area contributed by atoms with Gasteiger partial charge in [0.05, 0.1) is 19.3 Å². The molecule has 0 saturated carbocycles. The molecule has 0 atom stereocenters. The number of benzene rings is 1. The van der Waals surface area contributed by atoms with Crippen molar-refractivity contribution in [3.63, 3.8) is 0 Å². The van der Waals surface area contributed by atoms with Crippen LogP contribution in [0.1, 0.15) is 15.9 Å². The molecule has 1 rings (SSSR count). The molecule has 0 spiro atoms. The fourth-order valence-corrected chi connectivity index (χ4v) is 1.21. The van der Waals surface area contributed by atoms with Crippen LogP contribution in [0.2, 0.25) is 0 Å². The third-order valence-electron chi connectivity index (χ3n) is 1.90. The van der Waals surface area contributed by atoms with Gasteiger partial charge in [0.15, 0.2) is 0 Å². The number of hydrogen-bond acceptors (Lipinski definition) is 3. The molecule has 0 heterocycles. The van der Waals surface area contributed by atoms with Crippen molar-refractivity contribution in [3.05, 3.63) is 35.4 Å². The van der Waals surface area contributed by atoms with Crippen molar-refractivity contribution in [2.45, 2.75) is 0 Å². The Balaban J connectivity index is 3.10. The van der Waals surface area contributed by atoms with Gasteiger partial charge in [0, 0.05) is 0 Å². The Hall–Kier alpha value is -1.81. The number of nitrogens with two attached hydrogens (primary N) is 1. The molecular weight excluding hydrogens is 194 g/mol. The maximum atomic E-state index is 11.1. The van der Waals surface area contributed by atoms with Crippen LogP contribution in [0.4, 0.5) is 0 Å². The highest BCUT2D eigenvalue weighted by Crippen LogP contribution is 2.19. The summed E-state index contributed by atoms with van der Waals surface area (Å²) >= 11 is 0. The van der Waals surface area contributed by atoms with E-state index >= 15 is 0 Å². The van der Waals surface area contributed by atoms with Crippen molar-refractivity contribution in [1.82, 2.24) is 0 Å². The van der Waals surface area contributed by atoms with Gasteiger partial charge in [-0.25, -0.2) is 0 Å². The fraction of sp³-hybridized carbons (Fsp3) is 0.182. The molecule has 0 radical (unpaired) electrons. The summed E-state index contributed by atoms with van der Waals surface area (Å²) in [6, 6.07) is 5.06. The first-order valence-electron chi connectivity index (χ1n) is 4.44. The molecule has 4 heteroatoms. The van der Waals surface area contributed by atoms with Crippen molar-refractivity contribution in [1.29, 1.82) is 0 Å². The number of carbonyl (C=O) groups excluding carboxylic acids is 1. The number of ether oxygens (including phenoxy) is 1. The number of amides is 1. The summed E-state index contributed by atoms with van der Waals surface area (Å²) in [5, 5.41) is 8.60. The van der Waals surface area contributed by atoms with Gasteiger partial charge in [-0.05, 0) is 17.7 Å². The maximum absolute atomic E-state index is 11.1. The number of primary amides is 1. The lowest BCUT2D eigenvalue weighted by atomic mass is 10.1. The summed E-state index contributed by atoms with van der Waals surface area (Å²) in [5.41, 5.74) is 6.32. The molecule has 0 aliphatic rings. The Bertz CT molecular complexity index is 385. The normalized spacial score (nSPS) is 10.5. The van der Waals surface area contributed by atoms with E-state index in [1.54, 1.807) is 30.4 Å². The van der Waals surface area contributed by atoms with Gasteiger partial charge in [0.25, 0.3) is 5.91 Å². The van der Waals surface area contributed by atoms with E-state index in [1.807, 2.05) is 0 Å². The smallest absolute Gasteiger partial charge is 0.252 e. The van der Waals surface area contributed by atoms with E-state index in [0.717, 1.165) is 5.56 Å². The topological polar surface area (TPSA) is 72.6 Å². The molecule has 1 aromatic carbocycles. The minimum atomic E-state index is -0.536. The van der Waals surface area contributed by atoms with Crippen molar-refractivity contribution in [2.75, 3.05) is 13.7 Å². The van der Waals surface area contributed by atoms with E-state index in [-0.39, 0.29) is 6.61 Å². The highest BCUT2D eigenvalue weighted by Gasteiger charge is 2.08. The van der Waals surface area contributed by atoms with Crippen LogP contribution in [-0.4, -0.2) is 24.7 Å². The average Bonchev–Trinajstić information content (AvgIpc) is 2.25. The molecule has 0 aliphatic heterocycles. The number of methoxy groups -OCH3 is 1. The minimum absolute atomic E-state index is 0.0437. The van der Waals surface area contributed by atoms with E-state index in [1.165, 1.54) is 7.11 Å². The van der Waals surface area contributed by atoms with Crippen LogP contribution in [0.5, 0.6) is 5.75 Å². The second kappa shape index (κ2) is 5.17. The summed E-state index contributed by atoms with van der Waals surface area (Å²) in [7, 11) is 1.48. The van der Waals surface area contributed by atoms with Gasteiger partial charge in [-0.2, -0.15) is 0 Å². The number of hydrogen-bond donors (Lipinski definition) is 2. The molecule has 0 aromatic heterocycles. The van der Waals surface area contributed by atoms with Crippen molar-refractivity contribution >= 4 is 12.0 Å². The lowest BCUT2D eigenvalue weighted by Crippen LogP contribution is -2.12.